The van der Waals surface area contributed by atoms with Crippen molar-refractivity contribution in [2.75, 3.05) is 12.0 Å². The Morgan fingerprint density at radius 1 is 1.43 bits per heavy atom. The van der Waals surface area contributed by atoms with Crippen LogP contribution in [0.25, 0.3) is 10.1 Å². The van der Waals surface area contributed by atoms with Crippen molar-refractivity contribution in [1.29, 1.82) is 0 Å². The van der Waals surface area contributed by atoms with Gasteiger partial charge in [0, 0.05) is 15.1 Å². The lowest BCUT2D eigenvalue weighted by Crippen LogP contribution is -1.84. The largest absolute Gasteiger partial charge is 0.398 e. The molecular weight excluding hydrogens is 278 g/mol. The van der Waals surface area contributed by atoms with Crippen molar-refractivity contribution in [3.05, 3.63) is 23.1 Å². The number of nitrogen functional groups attached to an aromatic ring is 1. The number of halogens is 1. The Kier molecular flexibility index (Phi) is 3.04. The molecule has 0 spiro atoms. The molecule has 0 amide bonds. The highest BCUT2D eigenvalue weighted by Crippen LogP contribution is 2.34. The maximum absolute atomic E-state index is 5.98. The van der Waals surface area contributed by atoms with Crippen LogP contribution in [0.4, 0.5) is 5.69 Å². The van der Waals surface area contributed by atoms with Crippen LogP contribution < -0.4 is 5.73 Å². The van der Waals surface area contributed by atoms with Crippen molar-refractivity contribution in [3.63, 3.8) is 0 Å². The minimum Gasteiger partial charge on any atom is -0.398 e. The molecule has 1 nitrogen and oxygen atoms in total. The van der Waals surface area contributed by atoms with Crippen LogP contribution in [0.2, 0.25) is 0 Å². The smallest absolute Gasteiger partial charge is 0.0576 e. The standard InChI is InChI=1S/C10H10BrNS2/c1-13-7-2-6-3-8(5-11)14-10(6)9(12)4-7/h2-4H,5,12H2,1H3. The molecule has 0 aliphatic rings. The van der Waals surface area contributed by atoms with E-state index in [0.717, 1.165) is 11.0 Å². The summed E-state index contributed by atoms with van der Waals surface area (Å²) in [5.41, 5.74) is 6.88. The van der Waals surface area contributed by atoms with Gasteiger partial charge in [-0.25, -0.2) is 0 Å². The third kappa shape index (κ3) is 1.78. The fourth-order valence-electron chi connectivity index (χ4n) is 1.39. The van der Waals surface area contributed by atoms with Crippen LogP contribution in [-0.2, 0) is 5.33 Å². The number of hydrogen-bond acceptors (Lipinski definition) is 3. The Balaban J connectivity index is 2.67. The molecule has 2 rings (SSSR count). The Hall–Kier alpha value is -0.190. The van der Waals surface area contributed by atoms with Crippen LogP contribution in [-0.4, -0.2) is 6.26 Å². The van der Waals surface area contributed by atoms with Gasteiger partial charge in [0.15, 0.2) is 0 Å². The van der Waals surface area contributed by atoms with Gasteiger partial charge in [0.2, 0.25) is 0 Å². The minimum atomic E-state index is 0.893. The molecule has 0 radical (unpaired) electrons. The van der Waals surface area contributed by atoms with Gasteiger partial charge in [-0.1, -0.05) is 15.9 Å². The number of thiophene rings is 1. The van der Waals surface area contributed by atoms with E-state index in [0.29, 0.717) is 0 Å². The van der Waals surface area contributed by atoms with Gasteiger partial charge in [0.05, 0.1) is 10.4 Å². The lowest BCUT2D eigenvalue weighted by Gasteiger charge is -1.99. The number of fused-ring (bicyclic) bond motifs is 1. The molecule has 1 aromatic heterocycles. The van der Waals surface area contributed by atoms with Crippen LogP contribution in [0, 0.1) is 0 Å². The second kappa shape index (κ2) is 4.13. The van der Waals surface area contributed by atoms with Crippen LogP contribution in [0.3, 0.4) is 0 Å². The lowest BCUT2D eigenvalue weighted by atomic mass is 10.2. The summed E-state index contributed by atoms with van der Waals surface area (Å²) in [5, 5.41) is 2.16. The van der Waals surface area contributed by atoms with Crippen LogP contribution in [0.15, 0.2) is 23.1 Å². The van der Waals surface area contributed by atoms with Crippen molar-refractivity contribution in [1.82, 2.24) is 0 Å². The molecule has 74 valence electrons. The van der Waals surface area contributed by atoms with Gasteiger partial charge in [-0.15, -0.1) is 23.1 Å². The molecule has 2 aromatic rings. The summed E-state index contributed by atoms with van der Waals surface area (Å²) in [5.74, 6) is 0. The number of alkyl halides is 1. The Bertz CT molecular complexity index is 464. The number of benzene rings is 1. The average molecular weight is 288 g/mol. The molecule has 2 N–H and O–H groups in total. The first kappa shape index (κ1) is 10.3. The minimum absolute atomic E-state index is 0.893. The predicted octanol–water partition coefficient (Wildman–Crippen LogP) is 4.10. The van der Waals surface area contributed by atoms with Gasteiger partial charge in [-0.05, 0) is 29.8 Å². The maximum atomic E-state index is 5.98. The van der Waals surface area contributed by atoms with Gasteiger partial charge in [0.1, 0.15) is 0 Å². The Labute approximate surface area is 99.8 Å². The highest BCUT2D eigenvalue weighted by Gasteiger charge is 2.05. The molecule has 4 heteroatoms. The summed E-state index contributed by atoms with van der Waals surface area (Å²) >= 11 is 6.95. The molecule has 0 fully saturated rings. The lowest BCUT2D eigenvalue weighted by molar-refractivity contribution is 1.52. The van der Waals surface area contributed by atoms with Crippen LogP contribution in [0.5, 0.6) is 0 Å². The molecule has 0 atom stereocenters. The first-order valence-corrected chi connectivity index (χ1v) is 7.32. The Morgan fingerprint density at radius 2 is 2.21 bits per heavy atom. The highest BCUT2D eigenvalue weighted by molar-refractivity contribution is 9.08. The van der Waals surface area contributed by atoms with Gasteiger partial charge in [-0.3, -0.25) is 0 Å². The molecule has 1 aromatic carbocycles. The van der Waals surface area contributed by atoms with E-state index >= 15 is 0 Å². The molecule has 1 heterocycles. The molecule has 0 aliphatic heterocycles. The SMILES string of the molecule is CSc1cc(N)c2sc(CBr)cc2c1. The second-order valence-electron chi connectivity index (χ2n) is 2.98. The van der Waals surface area contributed by atoms with Crippen LogP contribution >= 0.6 is 39.0 Å². The van der Waals surface area contributed by atoms with E-state index in [9.17, 15) is 0 Å². The molecule has 0 saturated carbocycles. The topological polar surface area (TPSA) is 26.0 Å². The molecule has 0 aliphatic carbocycles. The van der Waals surface area contributed by atoms with E-state index in [1.54, 1.807) is 23.1 Å². The maximum Gasteiger partial charge on any atom is 0.0576 e. The van der Waals surface area contributed by atoms with Crippen LogP contribution in [0.1, 0.15) is 4.88 Å². The molecule has 0 bridgehead atoms. The van der Waals surface area contributed by atoms with E-state index < -0.39 is 0 Å². The third-order valence-electron chi connectivity index (χ3n) is 2.04. The number of nitrogens with two attached hydrogens (primary N) is 1. The van der Waals surface area contributed by atoms with Crippen molar-refractivity contribution < 1.29 is 0 Å². The summed E-state index contributed by atoms with van der Waals surface area (Å²) in [4.78, 5) is 2.55. The van der Waals surface area contributed by atoms with Crippen molar-refractivity contribution in [3.8, 4) is 0 Å². The monoisotopic (exact) mass is 287 g/mol. The second-order valence-corrected chi connectivity index (χ2v) is 5.56. The number of rotatable bonds is 2. The van der Waals surface area contributed by atoms with Crippen molar-refractivity contribution in [2.24, 2.45) is 0 Å². The first-order valence-electron chi connectivity index (χ1n) is 4.16. The van der Waals surface area contributed by atoms with Gasteiger partial charge < -0.3 is 5.73 Å². The summed E-state index contributed by atoms with van der Waals surface area (Å²) < 4.78 is 1.21. The van der Waals surface area contributed by atoms with Gasteiger partial charge in [-0.2, -0.15) is 0 Å². The normalized spacial score (nSPS) is 11.0. The zero-order valence-corrected chi connectivity index (χ0v) is 10.9. The Morgan fingerprint density at radius 3 is 2.86 bits per heavy atom. The zero-order valence-electron chi connectivity index (χ0n) is 7.71. The number of anilines is 1. The molecule has 0 saturated heterocycles. The molecule has 14 heavy (non-hydrogen) atoms. The summed E-state index contributed by atoms with van der Waals surface area (Å²) in [7, 11) is 0. The number of hydrogen-bond donors (Lipinski definition) is 1. The summed E-state index contributed by atoms with van der Waals surface area (Å²) in [6, 6.07) is 6.44. The quantitative estimate of drug-likeness (QED) is 0.511. The van der Waals surface area contributed by atoms with Gasteiger partial charge in [0.25, 0.3) is 0 Å². The fraction of sp³-hybridized carbons (Fsp3) is 0.200. The van der Waals surface area contributed by atoms with E-state index in [1.807, 2.05) is 6.07 Å². The first-order chi connectivity index (χ1) is 6.74. The van der Waals surface area contributed by atoms with Gasteiger partial charge >= 0.3 is 0 Å². The average Bonchev–Trinajstić information content (AvgIpc) is 2.61. The number of thioether (sulfide) groups is 1. The molecular formula is C10H10BrNS2. The summed E-state index contributed by atoms with van der Waals surface area (Å²) in [6.07, 6.45) is 2.07. The fourth-order valence-corrected chi connectivity index (χ4v) is 3.30. The van der Waals surface area contributed by atoms with E-state index in [4.69, 9.17) is 5.73 Å². The zero-order chi connectivity index (χ0) is 10.1. The predicted molar refractivity (Wildman–Crippen MR) is 70.6 cm³/mol. The van der Waals surface area contributed by atoms with Crippen molar-refractivity contribution in [2.45, 2.75) is 10.2 Å². The van der Waals surface area contributed by atoms with E-state index in [-0.39, 0.29) is 0 Å². The van der Waals surface area contributed by atoms with E-state index in [2.05, 4.69) is 34.3 Å². The van der Waals surface area contributed by atoms with Crippen molar-refractivity contribution >= 4 is 54.8 Å². The third-order valence-corrected chi connectivity index (χ3v) is 4.92. The highest BCUT2D eigenvalue weighted by atomic mass is 79.9. The summed E-state index contributed by atoms with van der Waals surface area (Å²) in [6.45, 7) is 0. The van der Waals surface area contributed by atoms with E-state index in [1.165, 1.54) is 19.9 Å². The molecule has 0 unspecified atom stereocenters.